The van der Waals surface area contributed by atoms with Gasteiger partial charge in [-0.3, -0.25) is 4.79 Å². The van der Waals surface area contributed by atoms with Gasteiger partial charge in [0, 0.05) is 16.7 Å². The fraction of sp³-hybridized carbons (Fsp3) is 0.357. The first-order valence-electron chi connectivity index (χ1n) is 6.02. The topological polar surface area (TPSA) is 38.3 Å². The molecule has 0 aliphatic carbocycles. The van der Waals surface area contributed by atoms with E-state index in [4.69, 9.17) is 4.74 Å². The van der Waals surface area contributed by atoms with Gasteiger partial charge in [0.2, 0.25) is 0 Å². The lowest BCUT2D eigenvalue weighted by Crippen LogP contribution is -2.32. The number of esters is 1. The summed E-state index contributed by atoms with van der Waals surface area (Å²) in [6, 6.07) is 10.1. The molecule has 2 atom stereocenters. The molecule has 3 nitrogen and oxygen atoms in total. The molecule has 0 aromatic heterocycles. The van der Waals surface area contributed by atoms with Gasteiger partial charge in [0.15, 0.2) is 0 Å². The Kier molecular flexibility index (Phi) is 4.84. The Hall–Kier alpha value is -1.26. The van der Waals surface area contributed by atoms with Crippen LogP contribution in [0.25, 0.3) is 0 Å². The van der Waals surface area contributed by atoms with Crippen molar-refractivity contribution in [3.05, 3.63) is 43.0 Å². The van der Waals surface area contributed by atoms with Crippen molar-refractivity contribution in [2.45, 2.75) is 22.6 Å². The van der Waals surface area contributed by atoms with Gasteiger partial charge >= 0.3 is 5.97 Å². The van der Waals surface area contributed by atoms with Crippen molar-refractivity contribution in [1.82, 2.24) is 5.32 Å². The minimum absolute atomic E-state index is 0.175. The number of rotatable bonds is 5. The van der Waals surface area contributed by atoms with Crippen molar-refractivity contribution in [2.24, 2.45) is 0 Å². The fourth-order valence-electron chi connectivity index (χ4n) is 1.91. The average molecular weight is 263 g/mol. The van der Waals surface area contributed by atoms with Gasteiger partial charge in [0.25, 0.3) is 0 Å². The Morgan fingerprint density at radius 2 is 2.28 bits per heavy atom. The summed E-state index contributed by atoms with van der Waals surface area (Å²) in [7, 11) is 0. The van der Waals surface area contributed by atoms with Crippen molar-refractivity contribution in [3.8, 4) is 0 Å². The van der Waals surface area contributed by atoms with Crippen LogP contribution < -0.4 is 5.32 Å². The molecule has 1 aromatic rings. The molecule has 0 bridgehead atoms. The second kappa shape index (κ2) is 6.61. The molecule has 0 amide bonds. The largest absolute Gasteiger partial charge is 0.460 e. The number of benzene rings is 1. The van der Waals surface area contributed by atoms with E-state index in [9.17, 15) is 4.79 Å². The molecule has 0 saturated carbocycles. The number of hydrogen-bond acceptors (Lipinski definition) is 4. The molecule has 2 rings (SSSR count). The van der Waals surface area contributed by atoms with Gasteiger partial charge in [-0.25, -0.2) is 0 Å². The van der Waals surface area contributed by atoms with Crippen LogP contribution in [0, 0.1) is 0 Å². The molecule has 0 spiro atoms. The Balaban J connectivity index is 1.81. The lowest BCUT2D eigenvalue weighted by Gasteiger charge is -2.09. The number of ether oxygens (including phenoxy) is 1. The molecular weight excluding hydrogens is 246 g/mol. The monoisotopic (exact) mass is 263 g/mol. The highest BCUT2D eigenvalue weighted by Gasteiger charge is 2.30. The van der Waals surface area contributed by atoms with E-state index in [0.717, 1.165) is 13.0 Å². The van der Waals surface area contributed by atoms with Crippen LogP contribution in [-0.2, 0) is 9.53 Å². The SMILES string of the molecule is C=CCOC(=O)[C@@H]1CC(Sc2ccccc2)CN1. The summed E-state index contributed by atoms with van der Waals surface area (Å²) >= 11 is 1.81. The van der Waals surface area contributed by atoms with Gasteiger partial charge in [0.05, 0.1) is 0 Å². The van der Waals surface area contributed by atoms with E-state index in [2.05, 4.69) is 24.0 Å². The molecule has 1 fully saturated rings. The lowest BCUT2D eigenvalue weighted by atomic mass is 10.2. The quantitative estimate of drug-likeness (QED) is 0.653. The molecule has 1 aliphatic rings. The third-order valence-corrected chi connectivity index (χ3v) is 4.00. The Morgan fingerprint density at radius 3 is 3.00 bits per heavy atom. The van der Waals surface area contributed by atoms with Gasteiger partial charge in [-0.2, -0.15) is 0 Å². The first-order valence-corrected chi connectivity index (χ1v) is 6.90. The summed E-state index contributed by atoms with van der Waals surface area (Å²) < 4.78 is 5.04. The molecule has 4 heteroatoms. The third-order valence-electron chi connectivity index (χ3n) is 2.76. The molecular formula is C14H17NO2S. The predicted molar refractivity (Wildman–Crippen MR) is 73.7 cm³/mol. The third kappa shape index (κ3) is 3.62. The first kappa shape index (κ1) is 13.2. The molecule has 1 N–H and O–H groups in total. The maximum absolute atomic E-state index is 11.7. The molecule has 1 aliphatic heterocycles. The van der Waals surface area contributed by atoms with Crippen LogP contribution >= 0.6 is 11.8 Å². The van der Waals surface area contributed by atoms with Crippen molar-refractivity contribution in [1.29, 1.82) is 0 Å². The molecule has 1 heterocycles. The van der Waals surface area contributed by atoms with E-state index in [1.165, 1.54) is 4.90 Å². The van der Waals surface area contributed by atoms with Crippen LogP contribution in [0.3, 0.4) is 0 Å². The summed E-state index contributed by atoms with van der Waals surface area (Å²) in [5, 5.41) is 3.63. The smallest absolute Gasteiger partial charge is 0.323 e. The minimum atomic E-state index is -0.175. The zero-order valence-electron chi connectivity index (χ0n) is 10.2. The fourth-order valence-corrected chi connectivity index (χ4v) is 3.07. The van der Waals surface area contributed by atoms with Gasteiger partial charge in [-0.1, -0.05) is 30.9 Å². The lowest BCUT2D eigenvalue weighted by molar-refractivity contribution is -0.144. The van der Waals surface area contributed by atoms with Crippen LogP contribution in [-0.4, -0.2) is 30.4 Å². The zero-order valence-corrected chi connectivity index (χ0v) is 11.0. The molecule has 0 radical (unpaired) electrons. The van der Waals surface area contributed by atoms with Crippen LogP contribution in [0.15, 0.2) is 47.9 Å². The van der Waals surface area contributed by atoms with Crippen LogP contribution in [0.2, 0.25) is 0 Å². The van der Waals surface area contributed by atoms with Crippen molar-refractivity contribution in [2.75, 3.05) is 13.2 Å². The van der Waals surface area contributed by atoms with Crippen molar-refractivity contribution >= 4 is 17.7 Å². The average Bonchev–Trinajstić information content (AvgIpc) is 2.86. The summed E-state index contributed by atoms with van der Waals surface area (Å²) in [5.41, 5.74) is 0. The summed E-state index contributed by atoms with van der Waals surface area (Å²) in [5.74, 6) is -0.175. The number of carbonyl (C=O) groups excluding carboxylic acids is 1. The van der Waals surface area contributed by atoms with Gasteiger partial charge in [-0.15, -0.1) is 11.8 Å². The Morgan fingerprint density at radius 1 is 1.50 bits per heavy atom. The summed E-state index contributed by atoms with van der Waals surface area (Å²) in [6.45, 7) is 4.65. The van der Waals surface area contributed by atoms with Crippen molar-refractivity contribution in [3.63, 3.8) is 0 Å². The van der Waals surface area contributed by atoms with Crippen molar-refractivity contribution < 1.29 is 9.53 Å². The highest BCUT2D eigenvalue weighted by Crippen LogP contribution is 2.28. The molecule has 1 saturated heterocycles. The number of nitrogens with one attached hydrogen (secondary N) is 1. The second-order valence-corrected chi connectivity index (χ2v) is 5.54. The second-order valence-electron chi connectivity index (χ2n) is 4.17. The summed E-state index contributed by atoms with van der Waals surface area (Å²) in [6.07, 6.45) is 2.40. The minimum Gasteiger partial charge on any atom is -0.460 e. The van der Waals surface area contributed by atoms with E-state index in [1.54, 1.807) is 17.8 Å². The first-order chi connectivity index (χ1) is 8.79. The highest BCUT2D eigenvalue weighted by molar-refractivity contribution is 8.00. The van der Waals surface area contributed by atoms with E-state index < -0.39 is 0 Å². The maximum Gasteiger partial charge on any atom is 0.323 e. The van der Waals surface area contributed by atoms with Gasteiger partial charge in [-0.05, 0) is 18.6 Å². The Bertz CT molecular complexity index is 408. The van der Waals surface area contributed by atoms with Gasteiger partial charge in [0.1, 0.15) is 12.6 Å². The molecule has 1 aromatic carbocycles. The van der Waals surface area contributed by atoms with E-state index in [0.29, 0.717) is 5.25 Å². The molecule has 96 valence electrons. The van der Waals surface area contributed by atoms with E-state index in [1.807, 2.05) is 18.2 Å². The predicted octanol–water partition coefficient (Wildman–Crippen LogP) is 2.24. The van der Waals surface area contributed by atoms with E-state index >= 15 is 0 Å². The van der Waals surface area contributed by atoms with Gasteiger partial charge < -0.3 is 10.1 Å². The normalized spacial score (nSPS) is 22.7. The zero-order chi connectivity index (χ0) is 12.8. The molecule has 1 unspecified atom stereocenters. The summed E-state index contributed by atoms with van der Waals surface area (Å²) in [4.78, 5) is 12.9. The highest BCUT2D eigenvalue weighted by atomic mass is 32.2. The number of thioether (sulfide) groups is 1. The van der Waals surface area contributed by atoms with Crippen LogP contribution in [0.4, 0.5) is 0 Å². The standard InChI is InChI=1S/C14H17NO2S/c1-2-8-17-14(16)13-9-12(10-15-13)18-11-6-4-3-5-7-11/h2-7,12-13,15H,1,8-10H2/t12?,13-/m0/s1. The van der Waals surface area contributed by atoms with Crippen LogP contribution in [0.5, 0.6) is 0 Å². The number of hydrogen-bond donors (Lipinski definition) is 1. The Labute approximate surface area is 112 Å². The number of carbonyl (C=O) groups is 1. The van der Waals surface area contributed by atoms with E-state index in [-0.39, 0.29) is 18.6 Å². The van der Waals surface area contributed by atoms with Crippen LogP contribution in [0.1, 0.15) is 6.42 Å². The molecule has 18 heavy (non-hydrogen) atoms. The maximum atomic E-state index is 11.7.